The van der Waals surface area contributed by atoms with E-state index in [4.69, 9.17) is 20.8 Å². The quantitative estimate of drug-likeness (QED) is 0.765. The minimum atomic E-state index is -0.772. The maximum atomic E-state index is 12.4. The Balaban J connectivity index is 1.57. The van der Waals surface area contributed by atoms with E-state index in [-0.39, 0.29) is 5.91 Å². The normalized spacial score (nSPS) is 19.0. The molecule has 1 aromatic heterocycles. The van der Waals surface area contributed by atoms with Crippen LogP contribution in [0.3, 0.4) is 0 Å². The van der Waals surface area contributed by atoms with Gasteiger partial charge in [0.2, 0.25) is 5.91 Å². The number of esters is 1. The van der Waals surface area contributed by atoms with Gasteiger partial charge < -0.3 is 19.4 Å². The lowest BCUT2D eigenvalue weighted by atomic mass is 10.2. The Morgan fingerprint density at radius 2 is 2.04 bits per heavy atom. The summed E-state index contributed by atoms with van der Waals surface area (Å²) >= 11 is 7.20. The molecule has 0 bridgehead atoms. The van der Waals surface area contributed by atoms with Crippen LogP contribution < -0.4 is 5.32 Å². The van der Waals surface area contributed by atoms with Crippen molar-refractivity contribution >= 4 is 46.8 Å². The number of nitrogens with zero attached hydrogens (tertiary/aromatic N) is 1. The summed E-state index contributed by atoms with van der Waals surface area (Å²) in [7, 11) is 0. The fourth-order valence-corrected chi connectivity index (χ4v) is 4.23. The van der Waals surface area contributed by atoms with E-state index in [9.17, 15) is 14.4 Å². The van der Waals surface area contributed by atoms with Gasteiger partial charge in [0.1, 0.15) is 17.2 Å². The Bertz CT molecular complexity index is 825. The topological polar surface area (TPSA) is 88.8 Å². The molecule has 1 aliphatic heterocycles. The van der Waals surface area contributed by atoms with E-state index in [0.717, 1.165) is 0 Å². The number of benzene rings is 1. The average Bonchev–Trinajstić information content (AvgIpc) is 3.30. The summed E-state index contributed by atoms with van der Waals surface area (Å²) in [6.45, 7) is 0.940. The van der Waals surface area contributed by atoms with Crippen LogP contribution in [0.5, 0.6) is 0 Å². The standard InChI is InChI=1S/C18H17ClN2O5S/c1-11(22)21-14(10-27-17(21)15-3-2-8-25-15)18(24)26-9-16(23)20-13-6-4-12(19)5-7-13/h2-8,14,17H,9-10H2,1H3,(H,20,23)/t14-,17-/m1/s1. The zero-order valence-corrected chi connectivity index (χ0v) is 16.0. The monoisotopic (exact) mass is 408 g/mol. The maximum absolute atomic E-state index is 12.4. The van der Waals surface area contributed by atoms with Crippen molar-refractivity contribution < 1.29 is 23.5 Å². The maximum Gasteiger partial charge on any atom is 0.330 e. The molecule has 0 radical (unpaired) electrons. The summed E-state index contributed by atoms with van der Waals surface area (Å²) in [5, 5.41) is 2.76. The Morgan fingerprint density at radius 1 is 1.30 bits per heavy atom. The fourth-order valence-electron chi connectivity index (χ4n) is 2.69. The SMILES string of the molecule is CC(=O)N1[C@@H](C(=O)OCC(=O)Nc2ccc(Cl)cc2)CS[C@@H]1c1ccco1. The summed E-state index contributed by atoms with van der Waals surface area (Å²) < 4.78 is 10.5. The van der Waals surface area contributed by atoms with E-state index < -0.39 is 29.9 Å². The van der Waals surface area contributed by atoms with Gasteiger partial charge in [0.15, 0.2) is 6.61 Å². The summed E-state index contributed by atoms with van der Waals surface area (Å²) in [5.41, 5.74) is 0.542. The number of carbonyl (C=O) groups excluding carboxylic acids is 3. The zero-order chi connectivity index (χ0) is 19.4. The van der Waals surface area contributed by atoms with Crippen molar-refractivity contribution in [1.82, 2.24) is 4.90 Å². The van der Waals surface area contributed by atoms with E-state index in [2.05, 4.69) is 5.32 Å². The molecule has 0 unspecified atom stereocenters. The molecule has 27 heavy (non-hydrogen) atoms. The number of hydrogen-bond donors (Lipinski definition) is 1. The van der Waals surface area contributed by atoms with Gasteiger partial charge >= 0.3 is 5.97 Å². The average molecular weight is 409 g/mol. The van der Waals surface area contributed by atoms with E-state index in [1.165, 1.54) is 29.8 Å². The molecule has 1 N–H and O–H groups in total. The minimum absolute atomic E-state index is 0.269. The molecule has 1 saturated heterocycles. The predicted octanol–water partition coefficient (Wildman–Crippen LogP) is 3.08. The highest BCUT2D eigenvalue weighted by atomic mass is 35.5. The van der Waals surface area contributed by atoms with Gasteiger partial charge in [0.05, 0.1) is 6.26 Å². The summed E-state index contributed by atoms with van der Waals surface area (Å²) in [5.74, 6) is -0.422. The number of amides is 2. The number of rotatable bonds is 5. The number of carbonyl (C=O) groups is 3. The van der Waals surface area contributed by atoms with Gasteiger partial charge in [0, 0.05) is 23.4 Å². The number of nitrogens with one attached hydrogen (secondary N) is 1. The molecule has 1 fully saturated rings. The van der Waals surface area contributed by atoms with Gasteiger partial charge in [-0.05, 0) is 36.4 Å². The van der Waals surface area contributed by atoms with Gasteiger partial charge in [-0.3, -0.25) is 9.59 Å². The predicted molar refractivity (Wildman–Crippen MR) is 101 cm³/mol. The lowest BCUT2D eigenvalue weighted by Crippen LogP contribution is -2.43. The van der Waals surface area contributed by atoms with Crippen molar-refractivity contribution in [1.29, 1.82) is 0 Å². The van der Waals surface area contributed by atoms with Crippen LogP contribution in [0.1, 0.15) is 18.1 Å². The van der Waals surface area contributed by atoms with Crippen LogP contribution in [0.25, 0.3) is 0 Å². The molecule has 2 atom stereocenters. The van der Waals surface area contributed by atoms with Crippen LogP contribution in [0, 0.1) is 0 Å². The second kappa shape index (κ2) is 8.49. The summed E-state index contributed by atoms with van der Waals surface area (Å²) in [6, 6.07) is 9.26. The second-order valence-electron chi connectivity index (χ2n) is 5.81. The molecule has 0 spiro atoms. The molecule has 1 aliphatic rings. The van der Waals surface area contributed by atoms with Gasteiger partial charge in [-0.15, -0.1) is 11.8 Å². The van der Waals surface area contributed by atoms with Crippen molar-refractivity contribution in [3.8, 4) is 0 Å². The van der Waals surface area contributed by atoms with E-state index >= 15 is 0 Å². The van der Waals surface area contributed by atoms with Crippen LogP contribution >= 0.6 is 23.4 Å². The third-order valence-electron chi connectivity index (χ3n) is 3.90. The van der Waals surface area contributed by atoms with Gasteiger partial charge in [-0.2, -0.15) is 0 Å². The number of halogens is 1. The molecule has 0 aliphatic carbocycles. The highest BCUT2D eigenvalue weighted by Crippen LogP contribution is 2.41. The van der Waals surface area contributed by atoms with Crippen molar-refractivity contribution in [3.63, 3.8) is 0 Å². The van der Waals surface area contributed by atoms with Crippen LogP contribution in [0.15, 0.2) is 47.1 Å². The van der Waals surface area contributed by atoms with E-state index in [1.807, 2.05) is 0 Å². The first-order valence-electron chi connectivity index (χ1n) is 8.11. The highest BCUT2D eigenvalue weighted by Gasteiger charge is 2.43. The number of anilines is 1. The molecule has 2 aromatic rings. The van der Waals surface area contributed by atoms with Gasteiger partial charge in [-0.25, -0.2) is 4.79 Å². The molecular weight excluding hydrogens is 392 g/mol. The molecule has 2 heterocycles. The van der Waals surface area contributed by atoms with Gasteiger partial charge in [0.25, 0.3) is 5.91 Å². The Morgan fingerprint density at radius 3 is 2.67 bits per heavy atom. The third kappa shape index (κ3) is 4.64. The van der Waals surface area contributed by atoms with E-state index in [0.29, 0.717) is 22.2 Å². The van der Waals surface area contributed by atoms with Crippen LogP contribution in [-0.2, 0) is 19.1 Å². The van der Waals surface area contributed by atoms with Crippen LogP contribution in [0.4, 0.5) is 5.69 Å². The number of ether oxygens (including phenoxy) is 1. The van der Waals surface area contributed by atoms with Crippen molar-refractivity contribution in [3.05, 3.63) is 53.4 Å². The zero-order valence-electron chi connectivity index (χ0n) is 14.4. The first-order valence-corrected chi connectivity index (χ1v) is 9.54. The molecule has 2 amide bonds. The third-order valence-corrected chi connectivity index (χ3v) is 5.43. The lowest BCUT2D eigenvalue weighted by Gasteiger charge is -2.25. The number of hydrogen-bond acceptors (Lipinski definition) is 6. The smallest absolute Gasteiger partial charge is 0.330 e. The minimum Gasteiger partial charge on any atom is -0.466 e. The van der Waals surface area contributed by atoms with Crippen molar-refractivity contribution in [2.45, 2.75) is 18.3 Å². The number of furan rings is 1. The molecule has 3 rings (SSSR count). The first kappa shape index (κ1) is 19.3. The lowest BCUT2D eigenvalue weighted by molar-refractivity contribution is -0.155. The van der Waals surface area contributed by atoms with Gasteiger partial charge in [-0.1, -0.05) is 11.6 Å². The first-order chi connectivity index (χ1) is 13.0. The van der Waals surface area contributed by atoms with Crippen molar-refractivity contribution in [2.75, 3.05) is 17.7 Å². The Hall–Kier alpha value is -2.45. The Labute approximate surface area is 165 Å². The highest BCUT2D eigenvalue weighted by molar-refractivity contribution is 7.99. The molecule has 9 heteroatoms. The van der Waals surface area contributed by atoms with Crippen molar-refractivity contribution in [2.24, 2.45) is 0 Å². The Kier molecular flexibility index (Phi) is 6.08. The molecule has 1 aromatic carbocycles. The van der Waals surface area contributed by atoms with Crippen LogP contribution in [0.2, 0.25) is 5.02 Å². The van der Waals surface area contributed by atoms with E-state index in [1.54, 1.807) is 36.4 Å². The molecule has 7 nitrogen and oxygen atoms in total. The molecular formula is C18H17ClN2O5S. The molecule has 142 valence electrons. The molecule has 0 saturated carbocycles. The summed E-state index contributed by atoms with van der Waals surface area (Å²) in [6.07, 6.45) is 1.51. The number of thioether (sulfide) groups is 1. The summed E-state index contributed by atoms with van der Waals surface area (Å²) in [4.78, 5) is 37.8. The fraction of sp³-hybridized carbons (Fsp3) is 0.278. The largest absolute Gasteiger partial charge is 0.466 e. The van der Waals surface area contributed by atoms with Crippen LogP contribution in [-0.4, -0.2) is 41.1 Å². The second-order valence-corrected chi connectivity index (χ2v) is 7.36.